The summed E-state index contributed by atoms with van der Waals surface area (Å²) in [6, 6.07) is 10.7. The minimum Gasteiger partial charge on any atom is -0.357 e. The van der Waals surface area contributed by atoms with Crippen molar-refractivity contribution in [3.05, 3.63) is 35.9 Å². The molecule has 0 aromatic heterocycles. The van der Waals surface area contributed by atoms with E-state index in [0.29, 0.717) is 19.0 Å². The van der Waals surface area contributed by atoms with Gasteiger partial charge in [0.2, 0.25) is 5.91 Å². The van der Waals surface area contributed by atoms with Crippen molar-refractivity contribution in [3.8, 4) is 0 Å². The standard InChI is InChI=1S/C21H34N4O/c1-5-22-20(24-13-12-23-19(26)21(2,3)4)25-14-11-18(16-25)15-17-9-7-6-8-10-17/h6-10,18H,5,11-16H2,1-4H3,(H,22,24)(H,23,26). The lowest BCUT2D eigenvalue weighted by molar-refractivity contribution is -0.128. The van der Waals surface area contributed by atoms with Crippen LogP contribution in [0.25, 0.3) is 0 Å². The number of aliphatic imine (C=N–C) groups is 1. The summed E-state index contributed by atoms with van der Waals surface area (Å²) in [6.07, 6.45) is 2.32. The number of nitrogens with zero attached hydrogens (tertiary/aromatic N) is 2. The fraction of sp³-hybridized carbons (Fsp3) is 0.619. The van der Waals surface area contributed by atoms with Gasteiger partial charge in [-0.25, -0.2) is 0 Å². The topological polar surface area (TPSA) is 56.7 Å². The Morgan fingerprint density at radius 1 is 1.23 bits per heavy atom. The van der Waals surface area contributed by atoms with E-state index in [4.69, 9.17) is 4.99 Å². The molecule has 1 unspecified atom stereocenters. The Hall–Kier alpha value is -2.04. The van der Waals surface area contributed by atoms with Crippen molar-refractivity contribution < 1.29 is 4.79 Å². The highest BCUT2D eigenvalue weighted by Gasteiger charge is 2.25. The number of likely N-dealkylation sites (tertiary alicyclic amines) is 1. The summed E-state index contributed by atoms with van der Waals surface area (Å²) in [5.41, 5.74) is 1.06. The zero-order chi connectivity index (χ0) is 19.0. The van der Waals surface area contributed by atoms with Crippen LogP contribution in [0.15, 0.2) is 35.3 Å². The van der Waals surface area contributed by atoms with E-state index in [-0.39, 0.29) is 11.3 Å². The summed E-state index contributed by atoms with van der Waals surface area (Å²) in [5.74, 6) is 1.71. The number of rotatable bonds is 6. The van der Waals surface area contributed by atoms with Crippen molar-refractivity contribution in [1.29, 1.82) is 0 Å². The molecule has 1 aromatic rings. The van der Waals surface area contributed by atoms with Gasteiger partial charge in [-0.3, -0.25) is 9.79 Å². The molecule has 1 aliphatic heterocycles. The smallest absolute Gasteiger partial charge is 0.225 e. The second-order valence-corrected chi connectivity index (χ2v) is 8.03. The minimum absolute atomic E-state index is 0.0711. The average molecular weight is 359 g/mol. The molecule has 26 heavy (non-hydrogen) atoms. The molecular weight excluding hydrogens is 324 g/mol. The minimum atomic E-state index is -0.353. The maximum Gasteiger partial charge on any atom is 0.225 e. The zero-order valence-corrected chi connectivity index (χ0v) is 16.7. The van der Waals surface area contributed by atoms with Crippen molar-refractivity contribution in [2.75, 3.05) is 32.7 Å². The molecule has 0 spiro atoms. The van der Waals surface area contributed by atoms with Crippen molar-refractivity contribution in [1.82, 2.24) is 15.5 Å². The summed E-state index contributed by atoms with van der Waals surface area (Å²) in [7, 11) is 0. The first-order valence-electron chi connectivity index (χ1n) is 9.75. The summed E-state index contributed by atoms with van der Waals surface area (Å²) in [4.78, 5) is 19.0. The van der Waals surface area contributed by atoms with Crippen molar-refractivity contribution in [2.24, 2.45) is 16.3 Å². The van der Waals surface area contributed by atoms with E-state index in [1.165, 1.54) is 12.0 Å². The predicted molar refractivity (Wildman–Crippen MR) is 108 cm³/mol. The molecule has 1 aromatic carbocycles. The first-order valence-corrected chi connectivity index (χ1v) is 9.75. The van der Waals surface area contributed by atoms with Crippen molar-refractivity contribution in [2.45, 2.75) is 40.5 Å². The maximum absolute atomic E-state index is 11.9. The SMILES string of the molecule is CCNC(=NCCNC(=O)C(C)(C)C)N1CCC(Cc2ccccc2)C1. The van der Waals surface area contributed by atoms with E-state index in [1.54, 1.807) is 0 Å². The number of guanidine groups is 1. The molecule has 2 N–H and O–H groups in total. The van der Waals surface area contributed by atoms with Crippen LogP contribution in [0.2, 0.25) is 0 Å². The van der Waals surface area contributed by atoms with E-state index in [1.807, 2.05) is 20.8 Å². The lowest BCUT2D eigenvalue weighted by Gasteiger charge is -2.22. The van der Waals surface area contributed by atoms with Gasteiger partial charge in [0.1, 0.15) is 0 Å². The van der Waals surface area contributed by atoms with Gasteiger partial charge in [-0.15, -0.1) is 0 Å². The number of amides is 1. The van der Waals surface area contributed by atoms with Crippen LogP contribution in [0.4, 0.5) is 0 Å². The largest absolute Gasteiger partial charge is 0.357 e. The van der Waals surface area contributed by atoms with Crippen LogP contribution in [0.5, 0.6) is 0 Å². The highest BCUT2D eigenvalue weighted by molar-refractivity contribution is 5.81. The molecule has 0 aliphatic carbocycles. The van der Waals surface area contributed by atoms with E-state index in [2.05, 4.69) is 52.8 Å². The Bertz CT molecular complexity index is 592. The fourth-order valence-electron chi connectivity index (χ4n) is 3.16. The number of nitrogens with one attached hydrogen (secondary N) is 2. The van der Waals surface area contributed by atoms with Crippen molar-refractivity contribution >= 4 is 11.9 Å². The lowest BCUT2D eigenvalue weighted by Crippen LogP contribution is -2.41. The highest BCUT2D eigenvalue weighted by Crippen LogP contribution is 2.20. The lowest BCUT2D eigenvalue weighted by atomic mass is 9.96. The van der Waals surface area contributed by atoms with Crippen LogP contribution in [-0.4, -0.2) is 49.5 Å². The van der Waals surface area contributed by atoms with E-state index < -0.39 is 0 Å². The van der Waals surface area contributed by atoms with Gasteiger partial charge in [-0.05, 0) is 31.2 Å². The Morgan fingerprint density at radius 2 is 1.96 bits per heavy atom. The first-order chi connectivity index (χ1) is 12.4. The summed E-state index contributed by atoms with van der Waals surface area (Å²) < 4.78 is 0. The second-order valence-electron chi connectivity index (χ2n) is 8.03. The van der Waals surface area contributed by atoms with Gasteiger partial charge in [-0.1, -0.05) is 51.1 Å². The third-order valence-corrected chi connectivity index (χ3v) is 4.63. The quantitative estimate of drug-likeness (QED) is 0.467. The van der Waals surface area contributed by atoms with Crippen molar-refractivity contribution in [3.63, 3.8) is 0 Å². The summed E-state index contributed by atoms with van der Waals surface area (Å²) in [5, 5.41) is 6.35. The first kappa shape index (κ1) is 20.3. The van der Waals surface area contributed by atoms with Gasteiger partial charge >= 0.3 is 0 Å². The molecule has 2 rings (SSSR count). The Kier molecular flexibility index (Phi) is 7.49. The molecule has 1 heterocycles. The predicted octanol–water partition coefficient (Wildman–Crippen LogP) is 2.68. The van der Waals surface area contributed by atoms with Crippen LogP contribution in [0.3, 0.4) is 0 Å². The number of benzene rings is 1. The van der Waals surface area contributed by atoms with Gasteiger partial charge in [0.15, 0.2) is 5.96 Å². The molecule has 1 amide bonds. The number of hydrogen-bond acceptors (Lipinski definition) is 2. The molecule has 0 bridgehead atoms. The molecule has 1 atom stereocenters. The molecule has 5 nitrogen and oxygen atoms in total. The van der Waals surface area contributed by atoms with E-state index in [9.17, 15) is 4.79 Å². The number of carbonyl (C=O) groups excluding carboxylic acids is 1. The zero-order valence-electron chi connectivity index (χ0n) is 16.7. The van der Waals surface area contributed by atoms with E-state index >= 15 is 0 Å². The van der Waals surface area contributed by atoms with E-state index in [0.717, 1.165) is 32.0 Å². The summed E-state index contributed by atoms with van der Waals surface area (Å²) in [6.45, 7) is 12.0. The molecular formula is C21H34N4O. The molecule has 1 aliphatic rings. The fourth-order valence-corrected chi connectivity index (χ4v) is 3.16. The molecule has 0 saturated carbocycles. The number of hydrogen-bond donors (Lipinski definition) is 2. The van der Waals surface area contributed by atoms with Gasteiger partial charge in [0.25, 0.3) is 0 Å². The van der Waals surface area contributed by atoms with Crippen LogP contribution in [-0.2, 0) is 11.2 Å². The summed E-state index contributed by atoms with van der Waals surface area (Å²) >= 11 is 0. The molecule has 1 fully saturated rings. The Balaban J connectivity index is 1.84. The second kappa shape index (κ2) is 9.60. The molecule has 5 heteroatoms. The van der Waals surface area contributed by atoms with Crippen LogP contribution < -0.4 is 10.6 Å². The maximum atomic E-state index is 11.9. The monoisotopic (exact) mass is 358 g/mol. The van der Waals surface area contributed by atoms with Gasteiger partial charge in [0, 0.05) is 31.6 Å². The molecule has 144 valence electrons. The average Bonchev–Trinajstić information content (AvgIpc) is 3.05. The molecule has 0 radical (unpaired) electrons. The molecule has 1 saturated heterocycles. The van der Waals surface area contributed by atoms with Crippen LogP contribution >= 0.6 is 0 Å². The Morgan fingerprint density at radius 3 is 2.62 bits per heavy atom. The van der Waals surface area contributed by atoms with Crippen LogP contribution in [0, 0.1) is 11.3 Å². The normalized spacial score (nSPS) is 18.1. The van der Waals surface area contributed by atoms with Crippen LogP contribution in [0.1, 0.15) is 39.7 Å². The Labute approximate surface area is 158 Å². The van der Waals surface area contributed by atoms with Gasteiger partial charge in [-0.2, -0.15) is 0 Å². The third-order valence-electron chi connectivity index (χ3n) is 4.63. The van der Waals surface area contributed by atoms with Gasteiger partial charge in [0.05, 0.1) is 6.54 Å². The van der Waals surface area contributed by atoms with Gasteiger partial charge < -0.3 is 15.5 Å². The third kappa shape index (κ3) is 6.36. The highest BCUT2D eigenvalue weighted by atomic mass is 16.2. The number of carbonyl (C=O) groups is 1.